The fourth-order valence-corrected chi connectivity index (χ4v) is 1.98. The average molecular weight is 355 g/mol. The minimum Gasteiger partial charge on any atom is -0.496 e. The van der Waals surface area contributed by atoms with Crippen molar-refractivity contribution in [3.8, 4) is 11.5 Å². The molecule has 1 N–H and O–H groups in total. The van der Waals surface area contributed by atoms with Crippen LogP contribution in [0.15, 0.2) is 16.6 Å². The summed E-state index contributed by atoms with van der Waals surface area (Å²) in [5.41, 5.74) is -0.648. The minimum atomic E-state index is -3.02. The number of halogens is 3. The summed E-state index contributed by atoms with van der Waals surface area (Å²) in [5.74, 6) is -0.0188. The summed E-state index contributed by atoms with van der Waals surface area (Å²) < 4.78 is 40.3. The first-order chi connectivity index (χ1) is 9.14. The molecule has 0 fully saturated rings. The molecule has 0 heterocycles. The van der Waals surface area contributed by atoms with E-state index in [0.717, 1.165) is 0 Å². The summed E-state index contributed by atoms with van der Waals surface area (Å²) >= 11 is 3.16. The van der Waals surface area contributed by atoms with Crippen LogP contribution in [0.5, 0.6) is 11.5 Å². The molecule has 1 unspecified atom stereocenters. The van der Waals surface area contributed by atoms with Gasteiger partial charge in [-0.3, -0.25) is 0 Å². The van der Waals surface area contributed by atoms with Gasteiger partial charge in [-0.2, -0.15) is 8.78 Å². The van der Waals surface area contributed by atoms with E-state index in [4.69, 9.17) is 9.47 Å². The Morgan fingerprint density at radius 2 is 1.75 bits per heavy atom. The van der Waals surface area contributed by atoms with Gasteiger partial charge in [0.2, 0.25) is 0 Å². The highest BCUT2D eigenvalue weighted by molar-refractivity contribution is 9.10. The van der Waals surface area contributed by atoms with Gasteiger partial charge in [0.1, 0.15) is 11.5 Å². The highest BCUT2D eigenvalue weighted by atomic mass is 79.9. The number of rotatable bonds is 5. The molecule has 0 aliphatic rings. The molecule has 0 aliphatic carbocycles. The molecule has 1 aromatic carbocycles. The van der Waals surface area contributed by atoms with Crippen LogP contribution < -0.4 is 9.47 Å². The molecule has 7 heteroatoms. The minimum absolute atomic E-state index is 0.0194. The Hall–Kier alpha value is -0.920. The number of benzene rings is 1. The average Bonchev–Trinajstić information content (AvgIpc) is 2.24. The molecule has 0 saturated heterocycles. The molecule has 1 rings (SSSR count). The van der Waals surface area contributed by atoms with E-state index in [1.165, 1.54) is 19.2 Å². The molecule has 4 nitrogen and oxygen atoms in total. The quantitative estimate of drug-likeness (QED) is 0.815. The maximum atomic E-state index is 12.5. The topological polar surface area (TPSA) is 47.9 Å². The van der Waals surface area contributed by atoms with Crippen molar-refractivity contribution in [3.63, 3.8) is 0 Å². The molecule has 1 aromatic rings. The second kappa shape index (κ2) is 6.69. The van der Waals surface area contributed by atoms with Crippen molar-refractivity contribution in [3.05, 3.63) is 22.2 Å². The Morgan fingerprint density at radius 3 is 2.20 bits per heavy atom. The lowest BCUT2D eigenvalue weighted by molar-refractivity contribution is -0.172. The Bertz CT molecular complexity index is 460. The molecular weight excluding hydrogens is 338 g/mol. The highest BCUT2D eigenvalue weighted by Crippen LogP contribution is 2.39. The van der Waals surface area contributed by atoms with Crippen LogP contribution in [0.2, 0.25) is 0 Å². The fraction of sp³-hybridized carbons (Fsp3) is 0.538. The number of alkyl halides is 2. The third-order valence-electron chi connectivity index (χ3n) is 2.22. The van der Waals surface area contributed by atoms with Crippen LogP contribution in [0.25, 0.3) is 0 Å². The van der Waals surface area contributed by atoms with Crippen LogP contribution in [-0.2, 0) is 4.74 Å². The summed E-state index contributed by atoms with van der Waals surface area (Å²) in [7, 11) is 1.36. The monoisotopic (exact) mass is 354 g/mol. The number of hydrogen-bond acceptors (Lipinski definition) is 4. The lowest BCUT2D eigenvalue weighted by atomic mass is 10.1. The maximum absolute atomic E-state index is 12.5. The van der Waals surface area contributed by atoms with Gasteiger partial charge in [-0.1, -0.05) is 15.9 Å². The van der Waals surface area contributed by atoms with Gasteiger partial charge in [0.05, 0.1) is 18.3 Å². The van der Waals surface area contributed by atoms with Crippen molar-refractivity contribution < 1.29 is 28.1 Å². The number of methoxy groups -OCH3 is 1. The molecule has 0 aromatic heterocycles. The van der Waals surface area contributed by atoms with Gasteiger partial charge >= 0.3 is 6.61 Å². The molecule has 114 valence electrons. The predicted octanol–water partition coefficient (Wildman–Crippen LogP) is 3.87. The van der Waals surface area contributed by atoms with Crippen molar-refractivity contribution in [2.24, 2.45) is 0 Å². The van der Waals surface area contributed by atoms with Gasteiger partial charge in [-0.15, -0.1) is 0 Å². The van der Waals surface area contributed by atoms with Gasteiger partial charge < -0.3 is 19.3 Å². The standard InChI is InChI=1S/C13H17BrF2O4/c1-13(2,3)20-11(17)10-8(18-4)5-7(14)6-9(10)19-12(15)16/h5-6,11-12,17H,1-4H3. The Morgan fingerprint density at radius 1 is 1.20 bits per heavy atom. The Balaban J connectivity index is 3.25. The zero-order valence-electron chi connectivity index (χ0n) is 11.6. The van der Waals surface area contributed by atoms with Crippen LogP contribution in [-0.4, -0.2) is 24.4 Å². The van der Waals surface area contributed by atoms with E-state index in [-0.39, 0.29) is 17.1 Å². The van der Waals surface area contributed by atoms with Gasteiger partial charge in [0, 0.05) is 4.47 Å². The van der Waals surface area contributed by atoms with E-state index in [9.17, 15) is 13.9 Å². The van der Waals surface area contributed by atoms with Crippen LogP contribution in [0, 0.1) is 0 Å². The third-order valence-corrected chi connectivity index (χ3v) is 2.67. The van der Waals surface area contributed by atoms with Gasteiger partial charge in [-0.25, -0.2) is 0 Å². The van der Waals surface area contributed by atoms with E-state index in [1.807, 2.05) is 0 Å². The van der Waals surface area contributed by atoms with Crippen molar-refractivity contribution >= 4 is 15.9 Å². The molecule has 0 spiro atoms. The molecule has 0 bridgehead atoms. The van der Waals surface area contributed by atoms with Crippen LogP contribution in [0.3, 0.4) is 0 Å². The van der Waals surface area contributed by atoms with Crippen molar-refractivity contribution in [1.29, 1.82) is 0 Å². The summed E-state index contributed by atoms with van der Waals surface area (Å²) in [5, 5.41) is 10.1. The smallest absolute Gasteiger partial charge is 0.387 e. The normalized spacial score (nSPS) is 13.4. The van der Waals surface area contributed by atoms with E-state index < -0.39 is 18.5 Å². The van der Waals surface area contributed by atoms with Crippen LogP contribution in [0.4, 0.5) is 8.78 Å². The van der Waals surface area contributed by atoms with E-state index in [2.05, 4.69) is 20.7 Å². The van der Waals surface area contributed by atoms with Crippen LogP contribution in [0.1, 0.15) is 32.6 Å². The first-order valence-corrected chi connectivity index (χ1v) is 6.61. The second-order valence-electron chi connectivity index (χ2n) is 4.98. The SMILES string of the molecule is COc1cc(Br)cc(OC(F)F)c1C(O)OC(C)(C)C. The number of aliphatic hydroxyl groups excluding tert-OH is 1. The lowest BCUT2D eigenvalue weighted by Gasteiger charge is -2.26. The zero-order valence-corrected chi connectivity index (χ0v) is 13.2. The highest BCUT2D eigenvalue weighted by Gasteiger charge is 2.26. The third kappa shape index (κ3) is 4.88. The number of aliphatic hydroxyl groups is 1. The number of ether oxygens (including phenoxy) is 3. The fourth-order valence-electron chi connectivity index (χ4n) is 1.57. The first kappa shape index (κ1) is 17.1. The predicted molar refractivity (Wildman–Crippen MR) is 73.1 cm³/mol. The van der Waals surface area contributed by atoms with Gasteiger partial charge in [0.15, 0.2) is 6.29 Å². The van der Waals surface area contributed by atoms with E-state index >= 15 is 0 Å². The van der Waals surface area contributed by atoms with Crippen LogP contribution >= 0.6 is 15.9 Å². The van der Waals surface area contributed by atoms with E-state index in [1.54, 1.807) is 20.8 Å². The summed E-state index contributed by atoms with van der Waals surface area (Å²) in [6, 6.07) is 2.85. The second-order valence-corrected chi connectivity index (χ2v) is 5.90. The largest absolute Gasteiger partial charge is 0.496 e. The molecule has 0 amide bonds. The summed E-state index contributed by atoms with van der Waals surface area (Å²) in [6.07, 6.45) is -1.45. The Kier molecular flexibility index (Phi) is 5.73. The van der Waals surface area contributed by atoms with Crippen molar-refractivity contribution in [1.82, 2.24) is 0 Å². The Labute approximate surface area is 124 Å². The molecule has 0 aliphatic heterocycles. The summed E-state index contributed by atoms with van der Waals surface area (Å²) in [4.78, 5) is 0. The molecule has 0 radical (unpaired) electrons. The number of hydrogen-bond donors (Lipinski definition) is 1. The maximum Gasteiger partial charge on any atom is 0.387 e. The van der Waals surface area contributed by atoms with Gasteiger partial charge in [0.25, 0.3) is 0 Å². The molecule has 20 heavy (non-hydrogen) atoms. The van der Waals surface area contributed by atoms with Crippen molar-refractivity contribution in [2.45, 2.75) is 39.3 Å². The van der Waals surface area contributed by atoms with Crippen molar-refractivity contribution in [2.75, 3.05) is 7.11 Å². The lowest BCUT2D eigenvalue weighted by Crippen LogP contribution is -2.23. The molecular formula is C13H17BrF2O4. The summed E-state index contributed by atoms with van der Waals surface area (Å²) in [6.45, 7) is 2.18. The first-order valence-electron chi connectivity index (χ1n) is 5.82. The molecule has 0 saturated carbocycles. The zero-order chi connectivity index (χ0) is 15.5. The van der Waals surface area contributed by atoms with Gasteiger partial charge in [-0.05, 0) is 32.9 Å². The molecule has 1 atom stereocenters. The van der Waals surface area contributed by atoms with E-state index in [0.29, 0.717) is 4.47 Å².